The normalized spacial score (nSPS) is 12.4. The molecule has 5 nitrogen and oxygen atoms in total. The smallest absolute Gasteiger partial charge is 0.297 e. The van der Waals surface area contributed by atoms with E-state index in [1.54, 1.807) is 24.3 Å². The molecule has 0 amide bonds. The topological polar surface area (TPSA) is 67.3 Å². The number of benzene rings is 3. The molecule has 3 aromatic carbocycles. The van der Waals surface area contributed by atoms with Crippen molar-refractivity contribution in [1.29, 1.82) is 0 Å². The molecular weight excluding hydrogens is 376 g/mol. The van der Waals surface area contributed by atoms with Crippen LogP contribution in [0, 0.1) is 0 Å². The Hall–Kier alpha value is -3.32. The lowest BCUT2D eigenvalue weighted by Gasteiger charge is -2.16. The molecule has 1 unspecified atom stereocenters. The number of rotatable bonds is 7. The highest BCUT2D eigenvalue weighted by atomic mass is 19.3. The largest absolute Gasteiger partial charge is 0.490 e. The highest BCUT2D eigenvalue weighted by molar-refractivity contribution is 5.89. The summed E-state index contributed by atoms with van der Waals surface area (Å²) in [5, 5.41) is 15.9. The highest BCUT2D eigenvalue weighted by Gasteiger charge is 2.16. The van der Waals surface area contributed by atoms with Crippen LogP contribution in [-0.4, -0.2) is 34.3 Å². The van der Waals surface area contributed by atoms with E-state index in [0.717, 1.165) is 10.8 Å². The van der Waals surface area contributed by atoms with Crippen molar-refractivity contribution in [3.8, 4) is 5.75 Å². The third kappa shape index (κ3) is 4.25. The molecular formula is C22H19F2N3O2. The van der Waals surface area contributed by atoms with Crippen LogP contribution in [0.2, 0.25) is 0 Å². The van der Waals surface area contributed by atoms with Crippen molar-refractivity contribution in [2.45, 2.75) is 12.5 Å². The maximum Gasteiger partial charge on any atom is 0.297 e. The Kier molecular flexibility index (Phi) is 5.48. The predicted molar refractivity (Wildman–Crippen MR) is 108 cm³/mol. The SMILES string of the molecule is OC(CNc1nc(C(F)F)nc2ccccc12)COc1cccc2ccccc12. The minimum atomic E-state index is -2.78. The van der Waals surface area contributed by atoms with Gasteiger partial charge in [0.15, 0.2) is 5.82 Å². The van der Waals surface area contributed by atoms with Crippen molar-refractivity contribution in [2.75, 3.05) is 18.5 Å². The van der Waals surface area contributed by atoms with E-state index in [2.05, 4.69) is 15.3 Å². The average molecular weight is 395 g/mol. The third-order valence-electron chi connectivity index (χ3n) is 4.50. The minimum Gasteiger partial charge on any atom is -0.490 e. The van der Waals surface area contributed by atoms with E-state index in [-0.39, 0.29) is 19.0 Å². The maximum absolute atomic E-state index is 13.1. The van der Waals surface area contributed by atoms with Gasteiger partial charge in [0.2, 0.25) is 0 Å². The number of hydrogen-bond acceptors (Lipinski definition) is 5. The van der Waals surface area contributed by atoms with Gasteiger partial charge in [-0.05, 0) is 23.6 Å². The molecule has 0 aliphatic carbocycles. The molecule has 7 heteroatoms. The molecule has 1 aromatic heterocycles. The molecule has 2 N–H and O–H groups in total. The lowest BCUT2D eigenvalue weighted by Crippen LogP contribution is -2.27. The first-order valence-corrected chi connectivity index (χ1v) is 9.19. The van der Waals surface area contributed by atoms with Crippen LogP contribution in [0.25, 0.3) is 21.7 Å². The fraction of sp³-hybridized carbons (Fsp3) is 0.182. The number of halogens is 2. The zero-order chi connectivity index (χ0) is 20.2. The van der Waals surface area contributed by atoms with Gasteiger partial charge in [-0.15, -0.1) is 0 Å². The number of alkyl halides is 2. The van der Waals surface area contributed by atoms with Crippen molar-refractivity contribution in [2.24, 2.45) is 0 Å². The van der Waals surface area contributed by atoms with E-state index in [1.807, 2.05) is 42.5 Å². The molecule has 0 aliphatic heterocycles. The van der Waals surface area contributed by atoms with E-state index < -0.39 is 18.4 Å². The van der Waals surface area contributed by atoms with Crippen molar-refractivity contribution in [3.63, 3.8) is 0 Å². The van der Waals surface area contributed by atoms with Gasteiger partial charge in [-0.25, -0.2) is 18.7 Å². The Morgan fingerprint density at radius 1 is 0.897 bits per heavy atom. The Morgan fingerprint density at radius 2 is 1.62 bits per heavy atom. The fourth-order valence-electron chi connectivity index (χ4n) is 3.11. The predicted octanol–water partition coefficient (Wildman–Crippen LogP) is 4.57. The van der Waals surface area contributed by atoms with Crippen LogP contribution in [0.5, 0.6) is 5.75 Å². The molecule has 1 atom stereocenters. The Labute approximate surface area is 166 Å². The van der Waals surface area contributed by atoms with Crippen molar-refractivity contribution < 1.29 is 18.6 Å². The molecule has 0 spiro atoms. The van der Waals surface area contributed by atoms with E-state index in [0.29, 0.717) is 16.7 Å². The van der Waals surface area contributed by atoms with Crippen LogP contribution >= 0.6 is 0 Å². The molecule has 4 aromatic rings. The monoisotopic (exact) mass is 395 g/mol. The number of para-hydroxylation sites is 1. The molecule has 0 saturated heterocycles. The number of aliphatic hydroxyl groups excluding tert-OH is 1. The van der Waals surface area contributed by atoms with Gasteiger partial charge in [0, 0.05) is 17.3 Å². The van der Waals surface area contributed by atoms with Crippen LogP contribution < -0.4 is 10.1 Å². The number of hydrogen-bond donors (Lipinski definition) is 2. The average Bonchev–Trinajstić information content (AvgIpc) is 2.75. The van der Waals surface area contributed by atoms with Gasteiger partial charge in [0.05, 0.1) is 5.52 Å². The van der Waals surface area contributed by atoms with Gasteiger partial charge in [-0.2, -0.15) is 0 Å². The standard InChI is InChI=1S/C22H19F2N3O2/c23-20(24)22-26-18-10-4-3-9-17(18)21(27-22)25-12-15(28)13-29-19-11-5-7-14-6-1-2-8-16(14)19/h1-11,15,20,28H,12-13H2,(H,25,26,27). The number of aliphatic hydroxyl groups is 1. The van der Waals surface area contributed by atoms with Crippen molar-refractivity contribution >= 4 is 27.5 Å². The first-order chi connectivity index (χ1) is 14.1. The molecule has 0 aliphatic rings. The molecule has 0 bridgehead atoms. The summed E-state index contributed by atoms with van der Waals surface area (Å²) in [6, 6.07) is 20.4. The Balaban J connectivity index is 1.45. The molecule has 0 fully saturated rings. The quantitative estimate of drug-likeness (QED) is 0.480. The van der Waals surface area contributed by atoms with Crippen molar-refractivity contribution in [1.82, 2.24) is 9.97 Å². The molecule has 29 heavy (non-hydrogen) atoms. The number of fused-ring (bicyclic) bond motifs is 2. The summed E-state index contributed by atoms with van der Waals surface area (Å²) in [6.45, 7) is 0.139. The minimum absolute atomic E-state index is 0.0473. The first kappa shape index (κ1) is 19.0. The summed E-state index contributed by atoms with van der Waals surface area (Å²) < 4.78 is 32.0. The number of nitrogens with one attached hydrogen (secondary N) is 1. The molecule has 0 radical (unpaired) electrons. The van der Waals surface area contributed by atoms with Gasteiger partial charge < -0.3 is 15.2 Å². The second-order valence-corrected chi connectivity index (χ2v) is 6.57. The molecule has 148 valence electrons. The number of nitrogens with zero attached hydrogens (tertiary/aromatic N) is 2. The lowest BCUT2D eigenvalue weighted by molar-refractivity contribution is 0.118. The van der Waals surface area contributed by atoms with Crippen molar-refractivity contribution in [3.05, 3.63) is 72.6 Å². The fourth-order valence-corrected chi connectivity index (χ4v) is 3.11. The van der Waals surface area contributed by atoms with Crippen LogP contribution in [0.15, 0.2) is 66.7 Å². The Morgan fingerprint density at radius 3 is 2.45 bits per heavy atom. The van der Waals surface area contributed by atoms with Gasteiger partial charge >= 0.3 is 0 Å². The van der Waals surface area contributed by atoms with E-state index >= 15 is 0 Å². The molecule has 4 rings (SSSR count). The molecule has 1 heterocycles. The van der Waals surface area contributed by atoms with E-state index in [1.165, 1.54) is 0 Å². The maximum atomic E-state index is 13.1. The number of ether oxygens (including phenoxy) is 1. The summed E-state index contributed by atoms with van der Waals surface area (Å²) in [6.07, 6.45) is -3.64. The number of aromatic nitrogens is 2. The summed E-state index contributed by atoms with van der Waals surface area (Å²) in [4.78, 5) is 7.79. The molecule has 0 saturated carbocycles. The lowest BCUT2D eigenvalue weighted by atomic mass is 10.1. The summed E-state index contributed by atoms with van der Waals surface area (Å²) in [5.74, 6) is 0.387. The van der Waals surface area contributed by atoms with E-state index in [4.69, 9.17) is 4.74 Å². The Bertz CT molecular complexity index is 1130. The second-order valence-electron chi connectivity index (χ2n) is 6.57. The van der Waals surface area contributed by atoms with E-state index in [9.17, 15) is 13.9 Å². The number of anilines is 1. The summed E-state index contributed by atoms with van der Waals surface area (Å²) >= 11 is 0. The van der Waals surface area contributed by atoms with Crippen LogP contribution in [-0.2, 0) is 0 Å². The highest BCUT2D eigenvalue weighted by Crippen LogP contribution is 2.26. The van der Waals surface area contributed by atoms with Crippen LogP contribution in [0.4, 0.5) is 14.6 Å². The van der Waals surface area contributed by atoms with Crippen LogP contribution in [0.3, 0.4) is 0 Å². The second kappa shape index (κ2) is 8.36. The summed E-state index contributed by atoms with van der Waals surface area (Å²) in [7, 11) is 0. The first-order valence-electron chi connectivity index (χ1n) is 9.19. The summed E-state index contributed by atoms with van der Waals surface area (Å²) in [5.41, 5.74) is 0.418. The third-order valence-corrected chi connectivity index (χ3v) is 4.50. The van der Waals surface area contributed by atoms with Gasteiger partial charge in [0.1, 0.15) is 24.3 Å². The van der Waals surface area contributed by atoms with Gasteiger partial charge in [-0.3, -0.25) is 0 Å². The van der Waals surface area contributed by atoms with Crippen LogP contribution in [0.1, 0.15) is 12.2 Å². The zero-order valence-electron chi connectivity index (χ0n) is 15.4. The zero-order valence-corrected chi connectivity index (χ0v) is 15.4. The van der Waals surface area contributed by atoms with Gasteiger partial charge in [-0.1, -0.05) is 48.5 Å². The van der Waals surface area contributed by atoms with Gasteiger partial charge in [0.25, 0.3) is 6.43 Å².